The van der Waals surface area contributed by atoms with Gasteiger partial charge >= 0.3 is 6.61 Å². The van der Waals surface area contributed by atoms with Crippen molar-refractivity contribution >= 4 is 0 Å². The number of alkyl halides is 2. The number of nitrogens with two attached hydrogens (primary N) is 1. The van der Waals surface area contributed by atoms with E-state index in [-0.39, 0.29) is 11.8 Å². The molecule has 20 heavy (non-hydrogen) atoms. The van der Waals surface area contributed by atoms with Gasteiger partial charge in [0.05, 0.1) is 0 Å². The van der Waals surface area contributed by atoms with Crippen molar-refractivity contribution in [3.63, 3.8) is 0 Å². The van der Waals surface area contributed by atoms with Crippen molar-refractivity contribution in [1.82, 2.24) is 4.90 Å². The van der Waals surface area contributed by atoms with Gasteiger partial charge in [0.15, 0.2) is 0 Å². The molecule has 1 aliphatic heterocycles. The summed E-state index contributed by atoms with van der Waals surface area (Å²) in [6.07, 6.45) is 3.47. The minimum atomic E-state index is -2.78. The fraction of sp³-hybridized carbons (Fsp3) is 0.600. The minimum Gasteiger partial charge on any atom is -0.435 e. The maximum absolute atomic E-state index is 12.3. The van der Waals surface area contributed by atoms with Crippen molar-refractivity contribution in [3.8, 4) is 5.75 Å². The largest absolute Gasteiger partial charge is 0.435 e. The maximum Gasteiger partial charge on any atom is 0.387 e. The quantitative estimate of drug-likeness (QED) is 0.902. The molecular weight excluding hydrogens is 262 g/mol. The molecular formula is C15H22F2N2O. The zero-order valence-corrected chi connectivity index (χ0v) is 11.8. The van der Waals surface area contributed by atoms with Gasteiger partial charge in [-0.25, -0.2) is 0 Å². The van der Waals surface area contributed by atoms with E-state index in [9.17, 15) is 8.78 Å². The van der Waals surface area contributed by atoms with Gasteiger partial charge in [-0.2, -0.15) is 8.78 Å². The Morgan fingerprint density at radius 2 is 2.20 bits per heavy atom. The molecule has 1 aromatic carbocycles. The third kappa shape index (κ3) is 3.67. The molecule has 0 aliphatic carbocycles. The maximum atomic E-state index is 12.3. The topological polar surface area (TPSA) is 38.5 Å². The lowest BCUT2D eigenvalue weighted by Gasteiger charge is -2.39. The van der Waals surface area contributed by atoms with Crippen molar-refractivity contribution in [2.45, 2.75) is 44.9 Å². The zero-order valence-electron chi connectivity index (χ0n) is 11.8. The van der Waals surface area contributed by atoms with Crippen LogP contribution < -0.4 is 10.5 Å². The highest BCUT2D eigenvalue weighted by atomic mass is 19.3. The van der Waals surface area contributed by atoms with Crippen LogP contribution in [0.3, 0.4) is 0 Å². The molecule has 3 nitrogen and oxygen atoms in total. The van der Waals surface area contributed by atoms with Gasteiger partial charge in [0.1, 0.15) is 5.75 Å². The summed E-state index contributed by atoms with van der Waals surface area (Å²) >= 11 is 0. The lowest BCUT2D eigenvalue weighted by Crippen LogP contribution is -2.45. The molecule has 1 saturated heterocycles. The molecule has 0 aromatic heterocycles. The van der Waals surface area contributed by atoms with E-state index < -0.39 is 6.61 Å². The number of rotatable bonds is 5. The molecule has 1 aliphatic rings. The second kappa shape index (κ2) is 6.99. The zero-order chi connectivity index (χ0) is 14.5. The number of halogens is 2. The molecule has 0 radical (unpaired) electrons. The fourth-order valence-corrected chi connectivity index (χ4v) is 2.93. The predicted molar refractivity (Wildman–Crippen MR) is 74.9 cm³/mol. The van der Waals surface area contributed by atoms with Gasteiger partial charge in [0.2, 0.25) is 0 Å². The fourth-order valence-electron chi connectivity index (χ4n) is 2.93. The summed E-state index contributed by atoms with van der Waals surface area (Å²) < 4.78 is 29.0. The Morgan fingerprint density at radius 3 is 2.90 bits per heavy atom. The van der Waals surface area contributed by atoms with Crippen LogP contribution in [0.1, 0.15) is 37.8 Å². The van der Waals surface area contributed by atoms with E-state index in [1.807, 2.05) is 6.07 Å². The summed E-state index contributed by atoms with van der Waals surface area (Å²) in [5.74, 6) is 0.214. The molecule has 1 heterocycles. The standard InChI is InChI=1S/C15H22F2N2O/c1-11(19-8-3-2-6-13(19)10-18)12-5-4-7-14(9-12)20-15(16)17/h4-5,7,9,11,13,15H,2-3,6,8,10,18H2,1H3. The van der Waals surface area contributed by atoms with E-state index in [2.05, 4.69) is 16.6 Å². The van der Waals surface area contributed by atoms with Gasteiger partial charge in [-0.05, 0) is 44.0 Å². The van der Waals surface area contributed by atoms with Gasteiger partial charge in [0.25, 0.3) is 0 Å². The van der Waals surface area contributed by atoms with Crippen LogP contribution in [0.5, 0.6) is 5.75 Å². The van der Waals surface area contributed by atoms with E-state index in [0.717, 1.165) is 24.9 Å². The molecule has 1 fully saturated rings. The summed E-state index contributed by atoms with van der Waals surface area (Å²) in [5.41, 5.74) is 6.83. The van der Waals surface area contributed by atoms with Crippen molar-refractivity contribution in [2.24, 2.45) is 5.73 Å². The van der Waals surface area contributed by atoms with E-state index in [1.165, 1.54) is 6.42 Å². The Labute approximate surface area is 118 Å². The Morgan fingerprint density at radius 1 is 1.40 bits per heavy atom. The number of likely N-dealkylation sites (tertiary alicyclic amines) is 1. The molecule has 2 unspecified atom stereocenters. The first kappa shape index (κ1) is 15.2. The molecule has 0 spiro atoms. The van der Waals surface area contributed by atoms with Gasteiger partial charge in [0, 0.05) is 18.6 Å². The highest BCUT2D eigenvalue weighted by molar-refractivity contribution is 5.30. The average molecular weight is 284 g/mol. The normalized spacial score (nSPS) is 21.9. The molecule has 5 heteroatoms. The van der Waals surface area contributed by atoms with E-state index in [4.69, 9.17) is 5.73 Å². The predicted octanol–water partition coefficient (Wildman–Crippen LogP) is 3.16. The first-order valence-electron chi connectivity index (χ1n) is 7.12. The summed E-state index contributed by atoms with van der Waals surface area (Å²) in [7, 11) is 0. The Kier molecular flexibility index (Phi) is 5.31. The number of nitrogens with zero attached hydrogens (tertiary/aromatic N) is 1. The van der Waals surface area contributed by atoms with Gasteiger partial charge < -0.3 is 10.5 Å². The van der Waals surface area contributed by atoms with Crippen LogP contribution in [-0.2, 0) is 0 Å². The Hall–Kier alpha value is -1.20. The molecule has 2 rings (SSSR count). The molecule has 0 bridgehead atoms. The van der Waals surface area contributed by atoms with E-state index >= 15 is 0 Å². The second-order valence-electron chi connectivity index (χ2n) is 5.25. The number of ether oxygens (including phenoxy) is 1. The first-order valence-corrected chi connectivity index (χ1v) is 7.12. The van der Waals surface area contributed by atoms with Gasteiger partial charge in [-0.3, -0.25) is 4.90 Å². The van der Waals surface area contributed by atoms with Crippen molar-refractivity contribution < 1.29 is 13.5 Å². The third-order valence-electron chi connectivity index (χ3n) is 4.01. The Balaban J connectivity index is 2.12. The van der Waals surface area contributed by atoms with Crippen LogP contribution >= 0.6 is 0 Å². The summed E-state index contributed by atoms with van der Waals surface area (Å²) in [6.45, 7) is 0.947. The van der Waals surface area contributed by atoms with Gasteiger partial charge in [-0.1, -0.05) is 18.6 Å². The molecule has 112 valence electrons. The smallest absolute Gasteiger partial charge is 0.387 e. The molecule has 0 saturated carbocycles. The van der Waals surface area contributed by atoms with Crippen LogP contribution in [0.4, 0.5) is 8.78 Å². The first-order chi connectivity index (χ1) is 9.61. The second-order valence-corrected chi connectivity index (χ2v) is 5.25. The highest BCUT2D eigenvalue weighted by Crippen LogP contribution is 2.29. The van der Waals surface area contributed by atoms with Crippen molar-refractivity contribution in [2.75, 3.05) is 13.1 Å². The summed E-state index contributed by atoms with van der Waals surface area (Å²) in [5, 5.41) is 0. The van der Waals surface area contributed by atoms with Crippen LogP contribution in [0.25, 0.3) is 0 Å². The number of benzene rings is 1. The number of piperidine rings is 1. The summed E-state index contributed by atoms with van der Waals surface area (Å²) in [4.78, 5) is 2.37. The van der Waals surface area contributed by atoms with Crippen molar-refractivity contribution in [3.05, 3.63) is 29.8 Å². The third-order valence-corrected chi connectivity index (χ3v) is 4.01. The molecule has 2 atom stereocenters. The Bertz CT molecular complexity index is 428. The molecule has 1 aromatic rings. The van der Waals surface area contributed by atoms with Crippen LogP contribution in [0, 0.1) is 0 Å². The van der Waals surface area contributed by atoms with Crippen LogP contribution in [0.2, 0.25) is 0 Å². The SMILES string of the molecule is CC(c1cccc(OC(F)F)c1)N1CCCCC1CN. The number of hydrogen-bond donors (Lipinski definition) is 1. The van der Waals surface area contributed by atoms with Crippen molar-refractivity contribution in [1.29, 1.82) is 0 Å². The van der Waals surface area contributed by atoms with Crippen LogP contribution in [0.15, 0.2) is 24.3 Å². The number of hydrogen-bond acceptors (Lipinski definition) is 3. The minimum absolute atomic E-state index is 0.157. The van der Waals surface area contributed by atoms with Crippen LogP contribution in [-0.4, -0.2) is 30.6 Å². The lowest BCUT2D eigenvalue weighted by molar-refractivity contribution is -0.0499. The van der Waals surface area contributed by atoms with E-state index in [0.29, 0.717) is 12.6 Å². The summed E-state index contributed by atoms with van der Waals surface area (Å²) in [6, 6.07) is 7.48. The molecule has 0 amide bonds. The lowest BCUT2D eigenvalue weighted by atomic mass is 9.97. The van der Waals surface area contributed by atoms with Gasteiger partial charge in [-0.15, -0.1) is 0 Å². The average Bonchev–Trinajstić information content (AvgIpc) is 2.46. The van der Waals surface area contributed by atoms with E-state index in [1.54, 1.807) is 18.2 Å². The molecule has 2 N–H and O–H groups in total. The highest BCUT2D eigenvalue weighted by Gasteiger charge is 2.26. The monoisotopic (exact) mass is 284 g/mol.